The first-order chi connectivity index (χ1) is 8.24. The predicted octanol–water partition coefficient (Wildman–Crippen LogP) is 2.81. The lowest BCUT2D eigenvalue weighted by atomic mass is 10.0. The molecule has 0 amide bonds. The summed E-state index contributed by atoms with van der Waals surface area (Å²) >= 11 is 3.55. The second-order valence-corrected chi connectivity index (χ2v) is 5.10. The van der Waals surface area contributed by atoms with Crippen LogP contribution in [-0.4, -0.2) is 19.8 Å². The molecule has 0 radical (unpaired) electrons. The number of hydrogen-bond acceptors (Lipinski definition) is 3. The quantitative estimate of drug-likeness (QED) is 0.870. The third kappa shape index (κ3) is 2.75. The summed E-state index contributed by atoms with van der Waals surface area (Å²) in [5.74, 6) is 1.74. The van der Waals surface area contributed by atoms with E-state index in [9.17, 15) is 0 Å². The van der Waals surface area contributed by atoms with E-state index in [4.69, 9.17) is 15.2 Å². The van der Waals surface area contributed by atoms with E-state index in [-0.39, 0.29) is 0 Å². The highest BCUT2D eigenvalue weighted by Gasteiger charge is 2.19. The van der Waals surface area contributed by atoms with Crippen LogP contribution in [0.1, 0.15) is 24.0 Å². The third-order valence-electron chi connectivity index (χ3n) is 3.02. The zero-order chi connectivity index (χ0) is 12.3. The normalized spacial score (nSPS) is 13.8. The van der Waals surface area contributed by atoms with Crippen molar-refractivity contribution in [2.45, 2.75) is 26.2 Å². The molecule has 0 saturated heterocycles. The molecule has 1 heterocycles. The van der Waals surface area contributed by atoms with Gasteiger partial charge in [0.1, 0.15) is 13.2 Å². The third-order valence-corrected chi connectivity index (χ3v) is 3.61. The van der Waals surface area contributed by atoms with Gasteiger partial charge in [0.15, 0.2) is 11.5 Å². The van der Waals surface area contributed by atoms with E-state index in [1.54, 1.807) is 0 Å². The van der Waals surface area contributed by atoms with Gasteiger partial charge in [-0.15, -0.1) is 0 Å². The lowest BCUT2D eigenvalue weighted by molar-refractivity contribution is 0.169. The van der Waals surface area contributed by atoms with Gasteiger partial charge in [0.25, 0.3) is 0 Å². The van der Waals surface area contributed by atoms with Gasteiger partial charge in [0, 0.05) is 0 Å². The highest BCUT2D eigenvalue weighted by molar-refractivity contribution is 9.10. The average Bonchev–Trinajstić information content (AvgIpc) is 2.36. The van der Waals surface area contributed by atoms with Crippen LogP contribution in [0.25, 0.3) is 0 Å². The molecule has 0 spiro atoms. The topological polar surface area (TPSA) is 44.5 Å². The number of aryl methyl sites for hydroxylation is 1. The molecule has 1 aromatic rings. The van der Waals surface area contributed by atoms with E-state index in [2.05, 4.69) is 28.9 Å². The fraction of sp³-hybridized carbons (Fsp3) is 0.538. The molecule has 1 aliphatic heterocycles. The van der Waals surface area contributed by atoms with Gasteiger partial charge in [-0.3, -0.25) is 0 Å². The molecule has 0 atom stereocenters. The van der Waals surface area contributed by atoms with E-state index in [0.717, 1.165) is 41.8 Å². The zero-order valence-electron chi connectivity index (χ0n) is 10.1. The molecule has 0 saturated carbocycles. The molecule has 0 fully saturated rings. The Morgan fingerprint density at radius 2 is 1.94 bits per heavy atom. The number of unbranched alkanes of at least 4 members (excludes halogenated alkanes) is 1. The number of fused-ring (bicyclic) bond motifs is 1. The van der Waals surface area contributed by atoms with Crippen molar-refractivity contribution in [2.75, 3.05) is 19.8 Å². The summed E-state index contributed by atoms with van der Waals surface area (Å²) < 4.78 is 12.3. The number of hydrogen-bond donors (Lipinski definition) is 1. The molecule has 4 heteroatoms. The van der Waals surface area contributed by atoms with Gasteiger partial charge < -0.3 is 15.2 Å². The Balaban J connectivity index is 2.25. The van der Waals surface area contributed by atoms with E-state index in [0.29, 0.717) is 13.2 Å². The van der Waals surface area contributed by atoms with Crippen molar-refractivity contribution >= 4 is 15.9 Å². The molecule has 3 nitrogen and oxygen atoms in total. The minimum atomic E-state index is 0.623. The molecule has 0 aromatic heterocycles. The summed E-state index contributed by atoms with van der Waals surface area (Å²) in [6, 6.07) is 2.14. The number of nitrogens with two attached hydrogens (primary N) is 1. The molecular weight excluding hydrogens is 282 g/mol. The molecule has 0 bridgehead atoms. The van der Waals surface area contributed by atoms with Crippen LogP contribution in [0.5, 0.6) is 11.5 Å². The van der Waals surface area contributed by atoms with Crippen LogP contribution in [0.2, 0.25) is 0 Å². The average molecular weight is 300 g/mol. The SMILES string of the molecule is Cc1c(CCCCN)cc(Br)c2c1OCCO2. The monoisotopic (exact) mass is 299 g/mol. The van der Waals surface area contributed by atoms with Crippen LogP contribution >= 0.6 is 15.9 Å². The molecule has 0 unspecified atom stereocenters. The van der Waals surface area contributed by atoms with Gasteiger partial charge in [0.05, 0.1) is 4.47 Å². The Morgan fingerprint density at radius 1 is 1.24 bits per heavy atom. The molecule has 94 valence electrons. The van der Waals surface area contributed by atoms with Crippen molar-refractivity contribution in [2.24, 2.45) is 5.73 Å². The minimum absolute atomic E-state index is 0.623. The summed E-state index contributed by atoms with van der Waals surface area (Å²) in [5, 5.41) is 0. The van der Waals surface area contributed by atoms with Crippen molar-refractivity contribution in [1.82, 2.24) is 0 Å². The van der Waals surface area contributed by atoms with Crippen molar-refractivity contribution in [3.63, 3.8) is 0 Å². The molecule has 2 rings (SSSR count). The van der Waals surface area contributed by atoms with Gasteiger partial charge in [-0.05, 0) is 65.9 Å². The first kappa shape index (κ1) is 12.7. The van der Waals surface area contributed by atoms with Crippen LogP contribution in [0.3, 0.4) is 0 Å². The molecule has 0 aliphatic carbocycles. The standard InChI is InChI=1S/C13H18BrNO2/c1-9-10(4-2-3-5-15)8-11(14)13-12(9)16-6-7-17-13/h8H,2-7,15H2,1H3. The molecule has 2 N–H and O–H groups in total. The summed E-state index contributed by atoms with van der Waals surface area (Å²) in [4.78, 5) is 0. The van der Waals surface area contributed by atoms with Gasteiger partial charge in [-0.1, -0.05) is 0 Å². The number of rotatable bonds is 4. The van der Waals surface area contributed by atoms with Crippen LogP contribution < -0.4 is 15.2 Å². The Morgan fingerprint density at radius 3 is 2.65 bits per heavy atom. The maximum Gasteiger partial charge on any atom is 0.175 e. The van der Waals surface area contributed by atoms with Crippen LogP contribution in [0, 0.1) is 6.92 Å². The van der Waals surface area contributed by atoms with Crippen LogP contribution in [-0.2, 0) is 6.42 Å². The largest absolute Gasteiger partial charge is 0.486 e. The van der Waals surface area contributed by atoms with Crippen LogP contribution in [0.15, 0.2) is 10.5 Å². The maximum absolute atomic E-state index is 5.70. The maximum atomic E-state index is 5.70. The van der Waals surface area contributed by atoms with E-state index in [1.807, 2.05) is 0 Å². The van der Waals surface area contributed by atoms with Crippen molar-refractivity contribution < 1.29 is 9.47 Å². The first-order valence-electron chi connectivity index (χ1n) is 6.01. The highest BCUT2D eigenvalue weighted by Crippen LogP contribution is 2.42. The van der Waals surface area contributed by atoms with Gasteiger partial charge in [-0.25, -0.2) is 0 Å². The molecular formula is C13H18BrNO2. The van der Waals surface area contributed by atoms with E-state index in [1.165, 1.54) is 11.1 Å². The van der Waals surface area contributed by atoms with E-state index >= 15 is 0 Å². The van der Waals surface area contributed by atoms with Gasteiger partial charge in [-0.2, -0.15) is 0 Å². The molecule has 17 heavy (non-hydrogen) atoms. The molecule has 1 aliphatic rings. The van der Waals surface area contributed by atoms with Crippen LogP contribution in [0.4, 0.5) is 0 Å². The Kier molecular flexibility index (Phi) is 4.29. The number of halogens is 1. The lowest BCUT2D eigenvalue weighted by Crippen LogP contribution is -2.17. The first-order valence-corrected chi connectivity index (χ1v) is 6.81. The smallest absolute Gasteiger partial charge is 0.175 e. The summed E-state index contributed by atoms with van der Waals surface area (Å²) in [6.07, 6.45) is 3.22. The summed E-state index contributed by atoms with van der Waals surface area (Å²) in [5.41, 5.74) is 8.03. The molecule has 1 aromatic carbocycles. The van der Waals surface area contributed by atoms with Gasteiger partial charge in [0.2, 0.25) is 0 Å². The number of benzene rings is 1. The van der Waals surface area contributed by atoms with E-state index < -0.39 is 0 Å². The van der Waals surface area contributed by atoms with Crippen molar-refractivity contribution in [3.8, 4) is 11.5 Å². The Hall–Kier alpha value is -0.740. The fourth-order valence-electron chi connectivity index (χ4n) is 2.07. The number of ether oxygens (including phenoxy) is 2. The minimum Gasteiger partial charge on any atom is -0.486 e. The predicted molar refractivity (Wildman–Crippen MR) is 71.9 cm³/mol. The summed E-state index contributed by atoms with van der Waals surface area (Å²) in [6.45, 7) is 4.10. The highest BCUT2D eigenvalue weighted by atomic mass is 79.9. The Bertz CT molecular complexity index is 407. The second-order valence-electron chi connectivity index (χ2n) is 4.24. The van der Waals surface area contributed by atoms with Crippen molar-refractivity contribution in [3.05, 3.63) is 21.7 Å². The van der Waals surface area contributed by atoms with Crippen molar-refractivity contribution in [1.29, 1.82) is 0 Å². The second kappa shape index (κ2) is 5.74. The van der Waals surface area contributed by atoms with Gasteiger partial charge >= 0.3 is 0 Å². The Labute approximate surface area is 110 Å². The summed E-state index contributed by atoms with van der Waals surface area (Å²) in [7, 11) is 0. The lowest BCUT2D eigenvalue weighted by Gasteiger charge is -2.23. The zero-order valence-corrected chi connectivity index (χ0v) is 11.7. The fourth-order valence-corrected chi connectivity index (χ4v) is 2.64.